The van der Waals surface area contributed by atoms with Gasteiger partial charge in [0.1, 0.15) is 10.8 Å². The van der Waals surface area contributed by atoms with Gasteiger partial charge in [0.2, 0.25) is 10.0 Å². The lowest BCUT2D eigenvalue weighted by atomic mass is 9.71. The second-order valence-corrected chi connectivity index (χ2v) is 9.17. The summed E-state index contributed by atoms with van der Waals surface area (Å²) >= 11 is 0. The van der Waals surface area contributed by atoms with E-state index in [4.69, 9.17) is 0 Å². The minimum Gasteiger partial charge on any atom is -0.207 e. The van der Waals surface area contributed by atoms with Crippen molar-refractivity contribution in [2.24, 2.45) is 22.7 Å². The zero-order valence-electron chi connectivity index (χ0n) is 12.6. The summed E-state index contributed by atoms with van der Waals surface area (Å²) in [5.41, 5.74) is -5.17. The Bertz CT molecular complexity index is 869. The summed E-state index contributed by atoms with van der Waals surface area (Å²) in [4.78, 5) is -0.273. The molecule has 136 valence electrons. The molecule has 10 heteroatoms. The number of nitrogens with zero attached hydrogens (tertiary/aromatic N) is 1. The molecular formula is C15H11F6NO2S. The number of piperidine rings is 4. The first-order valence-electron chi connectivity index (χ1n) is 7.60. The second-order valence-electron chi connectivity index (χ2n) is 7.32. The lowest BCUT2D eigenvalue weighted by Gasteiger charge is -2.37. The van der Waals surface area contributed by atoms with Crippen LogP contribution in [0.25, 0.3) is 0 Å². The van der Waals surface area contributed by atoms with Crippen LogP contribution < -0.4 is 0 Å². The topological polar surface area (TPSA) is 37.4 Å². The number of sulfonamides is 1. The van der Waals surface area contributed by atoms with E-state index < -0.39 is 57.1 Å². The molecule has 2 saturated heterocycles. The number of alkyl halides is 6. The van der Waals surface area contributed by atoms with Crippen LogP contribution in [0.1, 0.15) is 5.56 Å². The van der Waals surface area contributed by atoms with Crippen molar-refractivity contribution in [3.05, 3.63) is 29.8 Å². The number of hydrogen-bond acceptors (Lipinski definition) is 2. The van der Waals surface area contributed by atoms with E-state index in [1.807, 2.05) is 0 Å². The smallest absolute Gasteiger partial charge is 0.207 e. The molecule has 0 N–H and O–H groups in total. The molecule has 6 rings (SSSR count). The van der Waals surface area contributed by atoms with E-state index >= 15 is 0 Å². The number of benzene rings is 1. The molecule has 2 bridgehead atoms. The van der Waals surface area contributed by atoms with Gasteiger partial charge in [0, 0.05) is 12.1 Å². The van der Waals surface area contributed by atoms with E-state index in [0.29, 0.717) is 4.31 Å². The summed E-state index contributed by atoms with van der Waals surface area (Å²) in [5, 5.41) is 0. The molecule has 0 spiro atoms. The molecule has 3 aliphatic carbocycles. The van der Waals surface area contributed by atoms with E-state index in [1.54, 1.807) is 6.92 Å². The van der Waals surface area contributed by atoms with Gasteiger partial charge in [0.15, 0.2) is 0 Å². The first-order valence-corrected chi connectivity index (χ1v) is 9.04. The quantitative estimate of drug-likeness (QED) is 0.736. The Morgan fingerprint density at radius 3 is 1.64 bits per heavy atom. The molecule has 5 aliphatic rings. The molecule has 25 heavy (non-hydrogen) atoms. The van der Waals surface area contributed by atoms with E-state index in [1.165, 1.54) is 24.3 Å². The maximum Gasteiger partial charge on any atom is 0.397 e. The fourth-order valence-electron chi connectivity index (χ4n) is 5.90. The van der Waals surface area contributed by atoms with Crippen molar-refractivity contribution in [2.75, 3.05) is 0 Å². The average Bonchev–Trinajstić information content (AvgIpc) is 3.12. The van der Waals surface area contributed by atoms with Crippen LogP contribution in [0.3, 0.4) is 0 Å². The third-order valence-corrected chi connectivity index (χ3v) is 8.48. The van der Waals surface area contributed by atoms with Crippen molar-refractivity contribution in [1.82, 2.24) is 4.31 Å². The number of halogens is 6. The largest absolute Gasteiger partial charge is 0.397 e. The van der Waals surface area contributed by atoms with Crippen LogP contribution in [0.2, 0.25) is 0 Å². The summed E-state index contributed by atoms with van der Waals surface area (Å²) in [5.74, 6) is -2.53. The highest BCUT2D eigenvalue weighted by Crippen LogP contribution is 3.05. The van der Waals surface area contributed by atoms with E-state index in [9.17, 15) is 34.8 Å². The van der Waals surface area contributed by atoms with Crippen LogP contribution in [-0.4, -0.2) is 37.2 Å². The molecule has 2 heterocycles. The Hall–Kier alpha value is -1.29. The molecule has 3 saturated carbocycles. The first-order chi connectivity index (χ1) is 11.4. The normalized spacial score (nSPS) is 44.3. The Balaban J connectivity index is 1.64. The lowest BCUT2D eigenvalue weighted by Crippen LogP contribution is -2.51. The van der Waals surface area contributed by atoms with Crippen LogP contribution in [0.15, 0.2) is 29.2 Å². The zero-order chi connectivity index (χ0) is 18.4. The molecule has 0 radical (unpaired) electrons. The molecule has 5 fully saturated rings. The predicted octanol–water partition coefficient (Wildman–Crippen LogP) is 3.11. The van der Waals surface area contributed by atoms with Crippen LogP contribution >= 0.6 is 0 Å². The van der Waals surface area contributed by atoms with E-state index in [-0.39, 0.29) is 4.90 Å². The molecule has 1 aromatic carbocycles. The van der Waals surface area contributed by atoms with E-state index in [2.05, 4.69) is 0 Å². The summed E-state index contributed by atoms with van der Waals surface area (Å²) in [6.45, 7) is 1.70. The van der Waals surface area contributed by atoms with Gasteiger partial charge in [-0.05, 0) is 30.9 Å². The third kappa shape index (κ3) is 1.27. The highest BCUT2D eigenvalue weighted by Gasteiger charge is 3.18. The van der Waals surface area contributed by atoms with Gasteiger partial charge >= 0.3 is 12.4 Å². The van der Waals surface area contributed by atoms with Gasteiger partial charge in [-0.1, -0.05) is 17.7 Å². The zero-order valence-corrected chi connectivity index (χ0v) is 13.4. The van der Waals surface area contributed by atoms with Gasteiger partial charge in [-0.15, -0.1) is 0 Å². The SMILES string of the molecule is Cc1ccc(S(=O)(=O)N2C3C4C5C2C5(C(F)(F)F)C43C(F)(F)F)cc1. The van der Waals surface area contributed by atoms with E-state index in [0.717, 1.165) is 5.56 Å². The lowest BCUT2D eigenvalue weighted by molar-refractivity contribution is -0.305. The Labute approximate surface area is 138 Å². The maximum absolute atomic E-state index is 13.6. The minimum atomic E-state index is -5.08. The highest BCUT2D eigenvalue weighted by atomic mass is 32.2. The Morgan fingerprint density at radius 1 is 0.880 bits per heavy atom. The third-order valence-electron chi connectivity index (χ3n) is 6.60. The molecular weight excluding hydrogens is 372 g/mol. The highest BCUT2D eigenvalue weighted by molar-refractivity contribution is 7.89. The molecule has 6 unspecified atom stereocenters. The van der Waals surface area contributed by atoms with Gasteiger partial charge in [-0.25, -0.2) is 8.42 Å². The van der Waals surface area contributed by atoms with Crippen molar-refractivity contribution in [3.8, 4) is 0 Å². The maximum atomic E-state index is 13.6. The van der Waals surface area contributed by atoms with Crippen LogP contribution in [0.5, 0.6) is 0 Å². The molecule has 2 aliphatic heterocycles. The minimum absolute atomic E-state index is 0.273. The van der Waals surface area contributed by atoms with Gasteiger partial charge in [-0.2, -0.15) is 30.6 Å². The Kier molecular flexibility index (Phi) is 2.36. The monoisotopic (exact) mass is 383 g/mol. The average molecular weight is 383 g/mol. The van der Waals surface area contributed by atoms with Crippen molar-refractivity contribution in [3.63, 3.8) is 0 Å². The fourth-order valence-corrected chi connectivity index (χ4v) is 7.82. The number of rotatable bonds is 2. The first kappa shape index (κ1) is 15.9. The predicted molar refractivity (Wildman–Crippen MR) is 71.7 cm³/mol. The fraction of sp³-hybridized carbons (Fsp3) is 0.600. The van der Waals surface area contributed by atoms with Crippen molar-refractivity contribution < 1.29 is 34.8 Å². The summed E-state index contributed by atoms with van der Waals surface area (Å²) < 4.78 is 107. The molecule has 0 aromatic heterocycles. The summed E-state index contributed by atoms with van der Waals surface area (Å²) in [6.07, 6.45) is -10.2. The standard InChI is InChI=1S/C15H11F6NO2S/c1-6-2-4-7(5-3-6)25(23,24)22-10-8-9-11(22)13(9,15(19,20)21)12(8,10)14(16,17)18/h2-5,8-11H,1H3. The van der Waals surface area contributed by atoms with Crippen LogP contribution in [0, 0.1) is 29.6 Å². The molecule has 6 atom stereocenters. The molecule has 3 nitrogen and oxygen atoms in total. The van der Waals surface area contributed by atoms with Crippen molar-refractivity contribution in [2.45, 2.75) is 36.3 Å². The van der Waals surface area contributed by atoms with Gasteiger partial charge < -0.3 is 0 Å². The molecule has 1 aromatic rings. The van der Waals surface area contributed by atoms with Crippen LogP contribution in [-0.2, 0) is 10.0 Å². The van der Waals surface area contributed by atoms with Gasteiger partial charge in [-0.3, -0.25) is 0 Å². The van der Waals surface area contributed by atoms with Gasteiger partial charge in [0.25, 0.3) is 0 Å². The van der Waals surface area contributed by atoms with Crippen molar-refractivity contribution >= 4 is 10.0 Å². The van der Waals surface area contributed by atoms with Crippen molar-refractivity contribution in [1.29, 1.82) is 0 Å². The second kappa shape index (κ2) is 3.71. The summed E-state index contributed by atoms with van der Waals surface area (Å²) in [7, 11) is -4.41. The summed E-state index contributed by atoms with van der Waals surface area (Å²) in [6, 6.07) is 2.10. The van der Waals surface area contributed by atoms with Gasteiger partial charge in [0.05, 0.1) is 4.90 Å². The van der Waals surface area contributed by atoms with Crippen LogP contribution in [0.4, 0.5) is 26.3 Å². The number of aryl methyl sites for hydroxylation is 1. The molecule has 0 amide bonds. The number of hydrogen-bond donors (Lipinski definition) is 0. The Morgan fingerprint density at radius 2 is 1.28 bits per heavy atom.